The third-order valence-electron chi connectivity index (χ3n) is 14.2. The number of hydrogen-bond acceptors (Lipinski definition) is 14. The minimum Gasteiger partial charge on any atom is -0.459 e. The zero-order valence-electron chi connectivity index (χ0n) is 41.0. The quantitative estimate of drug-likeness (QED) is 0.0332. The lowest BCUT2D eigenvalue weighted by molar-refractivity contribution is -0.165. The summed E-state index contributed by atoms with van der Waals surface area (Å²) in [5.74, 6) is -7.48. The number of thiophene rings is 2. The van der Waals surface area contributed by atoms with Crippen LogP contribution in [-0.2, 0) is 85.0 Å². The van der Waals surface area contributed by atoms with Crippen molar-refractivity contribution in [3.63, 3.8) is 0 Å². The minimum absolute atomic E-state index is 0.0360. The van der Waals surface area contributed by atoms with Crippen LogP contribution in [0.4, 0.5) is 0 Å². The average Bonchev–Trinajstić information content (AvgIpc) is 3.88. The molecule has 0 atom stereocenters. The number of carbonyl (C=O) groups excluding carboxylic acids is 8. The second kappa shape index (κ2) is 19.9. The summed E-state index contributed by atoms with van der Waals surface area (Å²) in [6.45, 7) is -1.30. The minimum atomic E-state index is -2.63. The molecule has 2 aromatic heterocycles. The Hall–Kier alpha value is -9.50. The highest BCUT2D eigenvalue weighted by atomic mass is 32.1. The molecular weight excluding hydrogens is 1020 g/mol. The summed E-state index contributed by atoms with van der Waals surface area (Å²) in [5.41, 5.74) is -2.06. The van der Waals surface area contributed by atoms with E-state index in [4.69, 9.17) is 18.9 Å². The van der Waals surface area contributed by atoms with E-state index in [-0.39, 0.29) is 90.5 Å². The van der Waals surface area contributed by atoms with E-state index in [2.05, 4.69) is 0 Å². The van der Waals surface area contributed by atoms with Crippen molar-refractivity contribution >= 4 is 104 Å². The second-order valence-corrected chi connectivity index (χ2v) is 21.0. The number of benzene rings is 6. The number of esters is 4. The van der Waals surface area contributed by atoms with Gasteiger partial charge in [0.2, 0.25) is 34.0 Å². The normalized spacial score (nSPS) is 16.2. The van der Waals surface area contributed by atoms with Crippen LogP contribution in [0, 0.1) is 0 Å². The summed E-state index contributed by atoms with van der Waals surface area (Å²) < 4.78 is 25.1. The van der Waals surface area contributed by atoms with Crippen LogP contribution in [0.1, 0.15) is 84.7 Å². The smallest absolute Gasteiger partial charge is 0.333 e. The van der Waals surface area contributed by atoms with Crippen LogP contribution in [0.25, 0.3) is 34.4 Å². The lowest BCUT2D eigenvalue weighted by Gasteiger charge is -2.29. The Kier molecular flexibility index (Phi) is 12.6. The Morgan fingerprint density at radius 2 is 0.628 bits per heavy atom. The molecule has 6 aromatic carbocycles. The van der Waals surface area contributed by atoms with Gasteiger partial charge in [0.15, 0.2) is 0 Å². The van der Waals surface area contributed by atoms with Crippen molar-refractivity contribution in [1.82, 2.24) is 0 Å². The standard InChI is InChI=1S/C64H40O12S2/c65-53-45-27-15-13-25-43(45)47(55(53)67)29-41-31-49-57(77-41)52-51(63(49,59(69)73-33-37-17-5-1-6-18-37)60(70)74-34-38-19-7-2-8-20-38)58-50(32-42(78-58)30-48-44-26-14-16-28-46(44)54(66)56(48)68)64(52,61(71)75-35-39-21-9-3-10-22-39)62(72)76-36-40-23-11-4-12-24-40/h1-32H,33-36H2/b47-29-,48-30-. The third-order valence-corrected chi connectivity index (χ3v) is 16.4. The monoisotopic (exact) mass is 1060 g/mol. The summed E-state index contributed by atoms with van der Waals surface area (Å²) in [6, 6.07) is 51.3. The molecule has 2 heterocycles. The van der Waals surface area contributed by atoms with Crippen molar-refractivity contribution in [3.8, 4) is 0 Å². The van der Waals surface area contributed by atoms with E-state index < -0.39 is 57.8 Å². The lowest BCUT2D eigenvalue weighted by atomic mass is 9.76. The van der Waals surface area contributed by atoms with Gasteiger partial charge in [-0.25, -0.2) is 0 Å². The SMILES string of the molecule is O=C1C(=O)c2ccccc2/C1=C/c1cc2c(s1)C1=C(c3sc(/C=C4\C(=O)C(=O)c5ccccc54)cc3C1(C(=O)OCc1ccccc1)C(=O)OCc1ccccc1)C2(C(=O)OCc1ccccc1)C(=O)OCc1ccccc1. The van der Waals surface area contributed by atoms with Gasteiger partial charge >= 0.3 is 23.9 Å². The number of hydrogen-bond donors (Lipinski definition) is 0. The number of ether oxygens (including phenoxy) is 4. The van der Waals surface area contributed by atoms with Gasteiger partial charge in [0.1, 0.15) is 26.4 Å². The van der Waals surface area contributed by atoms with Crippen molar-refractivity contribution < 1.29 is 57.3 Å². The summed E-state index contributed by atoms with van der Waals surface area (Å²) in [6.07, 6.45) is 2.97. The molecule has 0 spiro atoms. The van der Waals surface area contributed by atoms with Gasteiger partial charge in [-0.05, 0) is 57.7 Å². The number of carbonyl (C=O) groups is 8. The Morgan fingerprint density at radius 1 is 0.359 bits per heavy atom. The lowest BCUT2D eigenvalue weighted by Crippen LogP contribution is -2.45. The maximum absolute atomic E-state index is 16.0. The first-order chi connectivity index (χ1) is 38.0. The fourth-order valence-electron chi connectivity index (χ4n) is 10.6. The topological polar surface area (TPSA) is 173 Å². The predicted octanol–water partition coefficient (Wildman–Crippen LogP) is 10.8. The van der Waals surface area contributed by atoms with Crippen LogP contribution in [0.5, 0.6) is 0 Å². The van der Waals surface area contributed by atoms with Crippen LogP contribution < -0.4 is 0 Å². The van der Waals surface area contributed by atoms with Crippen molar-refractivity contribution in [3.05, 3.63) is 257 Å². The van der Waals surface area contributed by atoms with Gasteiger partial charge in [-0.1, -0.05) is 170 Å². The maximum atomic E-state index is 16.0. The number of rotatable bonds is 14. The first kappa shape index (κ1) is 49.4. The van der Waals surface area contributed by atoms with Gasteiger partial charge in [-0.3, -0.25) is 38.4 Å². The molecule has 0 amide bonds. The number of Topliss-reactive ketones (excluding diaryl/α,β-unsaturated/α-hetero) is 4. The van der Waals surface area contributed by atoms with Crippen LogP contribution in [0.15, 0.2) is 182 Å². The molecule has 14 heteroatoms. The highest BCUT2D eigenvalue weighted by molar-refractivity contribution is 7.16. The van der Waals surface area contributed by atoms with Gasteiger partial charge < -0.3 is 18.9 Å². The highest BCUT2D eigenvalue weighted by Gasteiger charge is 2.72. The molecule has 0 bridgehead atoms. The van der Waals surface area contributed by atoms with E-state index in [0.717, 1.165) is 22.7 Å². The molecule has 12 rings (SSSR count). The van der Waals surface area contributed by atoms with Crippen molar-refractivity contribution in [2.75, 3.05) is 0 Å². The molecule has 8 aromatic rings. The largest absolute Gasteiger partial charge is 0.459 e. The van der Waals surface area contributed by atoms with Gasteiger partial charge in [-0.2, -0.15) is 0 Å². The number of allylic oxidation sites excluding steroid dienone is 2. The Balaban J connectivity index is 1.14. The van der Waals surface area contributed by atoms with Crippen LogP contribution in [0.3, 0.4) is 0 Å². The maximum Gasteiger partial charge on any atom is 0.333 e. The molecule has 0 saturated carbocycles. The molecule has 0 radical (unpaired) electrons. The first-order valence-corrected chi connectivity index (χ1v) is 26.3. The Morgan fingerprint density at radius 3 is 0.923 bits per heavy atom. The van der Waals surface area contributed by atoms with E-state index in [1.807, 2.05) is 0 Å². The Bertz CT molecular complexity index is 3590. The summed E-state index contributed by atoms with van der Waals surface area (Å²) >= 11 is 1.95. The second-order valence-electron chi connectivity index (χ2n) is 18.8. The van der Waals surface area contributed by atoms with E-state index in [9.17, 15) is 19.2 Å². The molecule has 12 nitrogen and oxygen atoms in total. The number of fused-ring (bicyclic) bond motifs is 6. The van der Waals surface area contributed by atoms with Crippen molar-refractivity contribution in [1.29, 1.82) is 0 Å². The van der Waals surface area contributed by atoms with Crippen molar-refractivity contribution in [2.45, 2.75) is 37.3 Å². The molecule has 0 saturated heterocycles. The van der Waals surface area contributed by atoms with Gasteiger partial charge in [-0.15, -0.1) is 22.7 Å². The number of ketones is 4. The molecule has 0 fully saturated rings. The highest BCUT2D eigenvalue weighted by Crippen LogP contribution is 2.68. The van der Waals surface area contributed by atoms with E-state index in [1.54, 1.807) is 170 Å². The van der Waals surface area contributed by atoms with Gasteiger partial charge in [0.05, 0.1) is 0 Å². The molecule has 0 unspecified atom stereocenters. The fraction of sp³-hybridized carbons (Fsp3) is 0.0938. The average molecular weight is 1070 g/mol. The molecule has 4 aliphatic carbocycles. The molecule has 78 heavy (non-hydrogen) atoms. The Labute approximate surface area is 453 Å². The van der Waals surface area contributed by atoms with E-state index in [0.29, 0.717) is 33.4 Å². The third kappa shape index (κ3) is 8.03. The van der Waals surface area contributed by atoms with Crippen LogP contribution in [-0.4, -0.2) is 47.0 Å². The molecule has 0 N–H and O–H groups in total. The molecule has 380 valence electrons. The first-order valence-electron chi connectivity index (χ1n) is 24.7. The zero-order chi connectivity index (χ0) is 53.7. The zero-order valence-corrected chi connectivity index (χ0v) is 42.7. The van der Waals surface area contributed by atoms with Crippen LogP contribution >= 0.6 is 22.7 Å². The van der Waals surface area contributed by atoms with Crippen molar-refractivity contribution in [2.24, 2.45) is 0 Å². The molecule has 4 aliphatic rings. The van der Waals surface area contributed by atoms with Crippen LogP contribution in [0.2, 0.25) is 0 Å². The fourth-order valence-corrected chi connectivity index (χ4v) is 13.1. The predicted molar refractivity (Wildman–Crippen MR) is 291 cm³/mol. The summed E-state index contributed by atoms with van der Waals surface area (Å²) in [7, 11) is 0. The summed E-state index contributed by atoms with van der Waals surface area (Å²) in [5, 5.41) is 0. The van der Waals surface area contributed by atoms with E-state index in [1.165, 1.54) is 24.3 Å². The molecule has 0 aliphatic heterocycles. The summed E-state index contributed by atoms with van der Waals surface area (Å²) in [4.78, 5) is 119. The molecular formula is C64H40O12S2. The van der Waals surface area contributed by atoms with Gasteiger partial charge in [0, 0.05) is 64.1 Å². The van der Waals surface area contributed by atoms with E-state index >= 15 is 19.2 Å². The van der Waals surface area contributed by atoms with Gasteiger partial charge in [0.25, 0.3) is 0 Å².